The van der Waals surface area contributed by atoms with Gasteiger partial charge in [0.2, 0.25) is 5.82 Å². The monoisotopic (exact) mass is 287 g/mol. The molecular formula is C11H14ClN3O2S. The Morgan fingerprint density at radius 2 is 2.22 bits per heavy atom. The summed E-state index contributed by atoms with van der Waals surface area (Å²) in [6.07, 6.45) is 2.29. The molecule has 1 aromatic rings. The van der Waals surface area contributed by atoms with Crippen LogP contribution in [0.3, 0.4) is 0 Å². The molecule has 0 radical (unpaired) electrons. The SMILES string of the molecule is O=[N+]([O-])c1ccc(Cl)nc1NCC1CCSCC1. The number of hydrogen-bond donors (Lipinski definition) is 1. The fraction of sp³-hybridized carbons (Fsp3) is 0.545. The third-order valence-corrected chi connectivity index (χ3v) is 4.19. The van der Waals surface area contributed by atoms with Crippen LogP contribution in [0.5, 0.6) is 0 Å². The first-order chi connectivity index (χ1) is 8.66. The highest BCUT2D eigenvalue weighted by Gasteiger charge is 2.18. The molecule has 98 valence electrons. The van der Waals surface area contributed by atoms with Gasteiger partial charge in [0.25, 0.3) is 0 Å². The van der Waals surface area contributed by atoms with Crippen molar-refractivity contribution in [3.05, 3.63) is 27.4 Å². The van der Waals surface area contributed by atoms with Gasteiger partial charge in [-0.1, -0.05) is 11.6 Å². The van der Waals surface area contributed by atoms with Crippen LogP contribution in [0.1, 0.15) is 12.8 Å². The summed E-state index contributed by atoms with van der Waals surface area (Å²) in [6.45, 7) is 0.717. The van der Waals surface area contributed by atoms with E-state index >= 15 is 0 Å². The van der Waals surface area contributed by atoms with Gasteiger partial charge in [-0.05, 0) is 36.3 Å². The third-order valence-electron chi connectivity index (χ3n) is 2.94. The van der Waals surface area contributed by atoms with Gasteiger partial charge in [0, 0.05) is 12.6 Å². The van der Waals surface area contributed by atoms with E-state index in [2.05, 4.69) is 10.3 Å². The van der Waals surface area contributed by atoms with Crippen LogP contribution in [0.25, 0.3) is 0 Å². The van der Waals surface area contributed by atoms with Crippen molar-refractivity contribution in [3.8, 4) is 0 Å². The molecule has 7 heteroatoms. The minimum atomic E-state index is -0.442. The van der Waals surface area contributed by atoms with Crippen LogP contribution >= 0.6 is 23.4 Å². The maximum atomic E-state index is 10.9. The molecule has 0 unspecified atom stereocenters. The predicted octanol–water partition coefficient (Wildman–Crippen LogP) is 3.20. The van der Waals surface area contributed by atoms with Crippen LogP contribution in [0.4, 0.5) is 11.5 Å². The second kappa shape index (κ2) is 6.24. The second-order valence-corrected chi connectivity index (χ2v) is 5.81. The largest absolute Gasteiger partial charge is 0.364 e. The van der Waals surface area contributed by atoms with Crippen molar-refractivity contribution >= 4 is 34.9 Å². The molecule has 0 saturated carbocycles. The van der Waals surface area contributed by atoms with Gasteiger partial charge in [-0.2, -0.15) is 11.8 Å². The summed E-state index contributed by atoms with van der Waals surface area (Å²) in [5.74, 6) is 3.16. The minimum absolute atomic E-state index is 0.0235. The number of pyridine rings is 1. The number of nitrogens with zero attached hydrogens (tertiary/aromatic N) is 2. The van der Waals surface area contributed by atoms with Gasteiger partial charge >= 0.3 is 5.69 Å². The molecule has 1 fully saturated rings. The lowest BCUT2D eigenvalue weighted by Gasteiger charge is -2.21. The molecule has 1 aromatic heterocycles. The van der Waals surface area contributed by atoms with Gasteiger partial charge < -0.3 is 5.32 Å². The second-order valence-electron chi connectivity index (χ2n) is 4.20. The van der Waals surface area contributed by atoms with Gasteiger partial charge in [0.05, 0.1) is 4.92 Å². The quantitative estimate of drug-likeness (QED) is 0.523. The van der Waals surface area contributed by atoms with E-state index in [9.17, 15) is 10.1 Å². The number of halogens is 1. The summed E-state index contributed by atoms with van der Waals surface area (Å²) in [5.41, 5.74) is -0.0235. The summed E-state index contributed by atoms with van der Waals surface area (Å²) in [4.78, 5) is 14.4. The smallest absolute Gasteiger partial charge is 0.311 e. The number of hydrogen-bond acceptors (Lipinski definition) is 5. The molecule has 0 bridgehead atoms. The molecule has 2 heterocycles. The summed E-state index contributed by atoms with van der Waals surface area (Å²) in [5, 5.41) is 14.2. The van der Waals surface area contributed by atoms with Gasteiger partial charge in [-0.3, -0.25) is 10.1 Å². The Hall–Kier alpha value is -1.01. The molecule has 0 atom stereocenters. The minimum Gasteiger partial charge on any atom is -0.364 e. The zero-order valence-corrected chi connectivity index (χ0v) is 11.3. The van der Waals surface area contributed by atoms with Crippen molar-refractivity contribution in [2.75, 3.05) is 23.4 Å². The van der Waals surface area contributed by atoms with E-state index in [0.29, 0.717) is 5.92 Å². The van der Waals surface area contributed by atoms with E-state index in [0.717, 1.165) is 30.9 Å². The first-order valence-electron chi connectivity index (χ1n) is 5.79. The van der Waals surface area contributed by atoms with Crippen LogP contribution in [-0.4, -0.2) is 28.0 Å². The van der Waals surface area contributed by atoms with Gasteiger partial charge in [0.1, 0.15) is 5.15 Å². The average Bonchev–Trinajstić information content (AvgIpc) is 2.37. The van der Waals surface area contributed by atoms with Crippen LogP contribution in [0.2, 0.25) is 5.15 Å². The third kappa shape index (κ3) is 3.49. The molecule has 5 nitrogen and oxygen atoms in total. The van der Waals surface area contributed by atoms with Gasteiger partial charge in [-0.15, -0.1) is 0 Å². The lowest BCUT2D eigenvalue weighted by Crippen LogP contribution is -2.20. The highest BCUT2D eigenvalue weighted by molar-refractivity contribution is 7.99. The molecule has 1 N–H and O–H groups in total. The van der Waals surface area contributed by atoms with Crippen molar-refractivity contribution in [1.82, 2.24) is 4.98 Å². The molecule has 18 heavy (non-hydrogen) atoms. The van der Waals surface area contributed by atoms with Crippen LogP contribution in [0, 0.1) is 16.0 Å². The Balaban J connectivity index is 2.03. The van der Waals surface area contributed by atoms with Crippen molar-refractivity contribution < 1.29 is 4.92 Å². The Morgan fingerprint density at radius 3 is 2.89 bits per heavy atom. The van der Waals surface area contributed by atoms with E-state index in [1.165, 1.54) is 12.1 Å². The molecule has 0 spiro atoms. The van der Waals surface area contributed by atoms with Gasteiger partial charge in [0.15, 0.2) is 0 Å². The fourth-order valence-corrected chi connectivity index (χ4v) is 3.25. The van der Waals surface area contributed by atoms with Crippen molar-refractivity contribution in [1.29, 1.82) is 0 Å². The molecule has 0 aliphatic carbocycles. The topological polar surface area (TPSA) is 68.1 Å². The van der Waals surface area contributed by atoms with Gasteiger partial charge in [-0.25, -0.2) is 4.98 Å². The zero-order valence-electron chi connectivity index (χ0n) is 9.76. The Labute approximate surface area is 114 Å². The molecule has 0 amide bonds. The first kappa shape index (κ1) is 13.4. The summed E-state index contributed by atoms with van der Waals surface area (Å²) in [7, 11) is 0. The van der Waals surface area contributed by atoms with Crippen molar-refractivity contribution in [3.63, 3.8) is 0 Å². The number of nitro groups is 1. The van der Waals surface area contributed by atoms with E-state index in [-0.39, 0.29) is 16.7 Å². The Bertz CT molecular complexity index is 438. The normalized spacial score (nSPS) is 16.5. The number of aromatic nitrogens is 1. The highest BCUT2D eigenvalue weighted by Crippen LogP contribution is 2.26. The number of anilines is 1. The fourth-order valence-electron chi connectivity index (χ4n) is 1.90. The molecule has 1 saturated heterocycles. The van der Waals surface area contributed by atoms with Crippen molar-refractivity contribution in [2.45, 2.75) is 12.8 Å². The standard InChI is InChI=1S/C11H14ClN3O2S/c12-10-2-1-9(15(16)17)11(14-10)13-7-8-3-5-18-6-4-8/h1-2,8H,3-7H2,(H,13,14). The molecular weight excluding hydrogens is 274 g/mol. The number of thioether (sulfide) groups is 1. The lowest BCUT2D eigenvalue weighted by atomic mass is 10.0. The molecule has 2 rings (SSSR count). The number of nitrogens with one attached hydrogen (secondary N) is 1. The predicted molar refractivity (Wildman–Crippen MR) is 74.4 cm³/mol. The zero-order chi connectivity index (χ0) is 13.0. The summed E-state index contributed by atoms with van der Waals surface area (Å²) >= 11 is 7.72. The van der Waals surface area contributed by atoms with E-state index < -0.39 is 4.92 Å². The lowest BCUT2D eigenvalue weighted by molar-refractivity contribution is -0.384. The maximum Gasteiger partial charge on any atom is 0.311 e. The average molecular weight is 288 g/mol. The first-order valence-corrected chi connectivity index (χ1v) is 7.32. The van der Waals surface area contributed by atoms with E-state index in [4.69, 9.17) is 11.6 Å². The Kier molecular flexibility index (Phi) is 4.66. The van der Waals surface area contributed by atoms with Crippen LogP contribution in [-0.2, 0) is 0 Å². The maximum absolute atomic E-state index is 10.9. The molecule has 1 aliphatic heterocycles. The van der Waals surface area contributed by atoms with E-state index in [1.807, 2.05) is 11.8 Å². The van der Waals surface area contributed by atoms with Crippen molar-refractivity contribution in [2.24, 2.45) is 5.92 Å². The number of rotatable bonds is 4. The molecule has 1 aliphatic rings. The van der Waals surface area contributed by atoms with E-state index in [1.54, 1.807) is 0 Å². The van der Waals surface area contributed by atoms with Crippen LogP contribution in [0.15, 0.2) is 12.1 Å². The van der Waals surface area contributed by atoms with Crippen LogP contribution < -0.4 is 5.32 Å². The summed E-state index contributed by atoms with van der Waals surface area (Å²) < 4.78 is 0. The Morgan fingerprint density at radius 1 is 1.50 bits per heavy atom. The molecule has 0 aromatic carbocycles. The summed E-state index contributed by atoms with van der Waals surface area (Å²) in [6, 6.07) is 2.82. The highest BCUT2D eigenvalue weighted by atomic mass is 35.5.